The van der Waals surface area contributed by atoms with Gasteiger partial charge in [0, 0.05) is 36.2 Å². The van der Waals surface area contributed by atoms with Gasteiger partial charge < -0.3 is 5.32 Å². The van der Waals surface area contributed by atoms with E-state index in [2.05, 4.69) is 55.8 Å². The predicted molar refractivity (Wildman–Crippen MR) is 91.6 cm³/mol. The Balaban J connectivity index is 1.70. The van der Waals surface area contributed by atoms with E-state index in [9.17, 15) is 0 Å². The van der Waals surface area contributed by atoms with E-state index in [-0.39, 0.29) is 5.54 Å². The van der Waals surface area contributed by atoms with Crippen LogP contribution in [0.15, 0.2) is 34.9 Å². The second kappa shape index (κ2) is 6.92. The van der Waals surface area contributed by atoms with E-state index < -0.39 is 0 Å². The highest BCUT2D eigenvalue weighted by molar-refractivity contribution is 9.10. The molecule has 0 saturated heterocycles. The normalized spacial score (nSPS) is 17.5. The molecule has 1 saturated carbocycles. The third-order valence-corrected chi connectivity index (χ3v) is 5.13. The summed E-state index contributed by atoms with van der Waals surface area (Å²) in [5.74, 6) is 0. The van der Waals surface area contributed by atoms with Crippen molar-refractivity contribution in [1.29, 1.82) is 0 Å². The van der Waals surface area contributed by atoms with Crippen molar-refractivity contribution in [2.45, 2.75) is 44.1 Å². The summed E-state index contributed by atoms with van der Waals surface area (Å²) in [4.78, 5) is 0. The summed E-state index contributed by atoms with van der Waals surface area (Å²) in [5, 5.41) is 12.0. The van der Waals surface area contributed by atoms with E-state index in [0.29, 0.717) is 0 Å². The molecule has 1 aromatic heterocycles. The largest absolute Gasteiger partial charge is 0.307 e. The summed E-state index contributed by atoms with van der Waals surface area (Å²) in [6.07, 6.45) is 9.30. The molecule has 1 N–H and O–H groups in total. The lowest BCUT2D eigenvalue weighted by Gasteiger charge is -2.39. The maximum absolute atomic E-state index is 4.17. The minimum absolute atomic E-state index is 0.126. The maximum Gasteiger partial charge on any atom is 0.0839 e. The van der Waals surface area contributed by atoms with Crippen molar-refractivity contribution in [2.24, 2.45) is 7.05 Å². The van der Waals surface area contributed by atoms with Crippen LogP contribution in [-0.4, -0.2) is 21.5 Å². The SMILES string of the molecule is Cn1cc(CCNC2(c3ccc(Br)cc3)CCCCC2)nn1. The Morgan fingerprint density at radius 1 is 1.18 bits per heavy atom. The quantitative estimate of drug-likeness (QED) is 0.883. The summed E-state index contributed by atoms with van der Waals surface area (Å²) in [7, 11) is 1.91. The molecule has 0 aliphatic heterocycles. The second-order valence-corrected chi connectivity index (χ2v) is 7.13. The van der Waals surface area contributed by atoms with E-state index in [1.54, 1.807) is 4.68 Å². The van der Waals surface area contributed by atoms with Crippen molar-refractivity contribution in [2.75, 3.05) is 6.54 Å². The van der Waals surface area contributed by atoms with Crippen LogP contribution < -0.4 is 5.32 Å². The molecule has 1 aliphatic rings. The van der Waals surface area contributed by atoms with Crippen molar-refractivity contribution >= 4 is 15.9 Å². The first-order valence-electron chi connectivity index (χ1n) is 8.04. The fourth-order valence-corrected chi connectivity index (χ4v) is 3.70. The number of benzene rings is 1. The van der Waals surface area contributed by atoms with Gasteiger partial charge in [-0.3, -0.25) is 4.68 Å². The molecule has 0 atom stereocenters. The van der Waals surface area contributed by atoms with Crippen LogP contribution >= 0.6 is 15.9 Å². The van der Waals surface area contributed by atoms with Gasteiger partial charge in [-0.1, -0.05) is 52.5 Å². The molecule has 118 valence electrons. The molecule has 2 aromatic rings. The molecule has 0 radical (unpaired) electrons. The number of rotatable bonds is 5. The van der Waals surface area contributed by atoms with Gasteiger partial charge in [-0.2, -0.15) is 0 Å². The Labute approximate surface area is 140 Å². The molecule has 3 rings (SSSR count). The zero-order valence-corrected chi connectivity index (χ0v) is 14.6. The highest BCUT2D eigenvalue weighted by Gasteiger charge is 2.33. The van der Waals surface area contributed by atoms with E-state index in [1.165, 1.54) is 37.7 Å². The Hall–Kier alpha value is -1.20. The highest BCUT2D eigenvalue weighted by Crippen LogP contribution is 2.37. The monoisotopic (exact) mass is 362 g/mol. The Morgan fingerprint density at radius 2 is 1.91 bits per heavy atom. The van der Waals surface area contributed by atoms with Crippen molar-refractivity contribution in [1.82, 2.24) is 20.3 Å². The zero-order chi connectivity index (χ0) is 15.4. The number of aromatic nitrogens is 3. The molecule has 1 heterocycles. The predicted octanol–water partition coefficient (Wildman–Crippen LogP) is 3.57. The summed E-state index contributed by atoms with van der Waals surface area (Å²) in [5.41, 5.74) is 2.59. The van der Waals surface area contributed by atoms with Gasteiger partial charge in [0.05, 0.1) is 5.69 Å². The molecule has 5 heteroatoms. The summed E-state index contributed by atoms with van der Waals surface area (Å²) >= 11 is 3.53. The lowest BCUT2D eigenvalue weighted by Crippen LogP contribution is -2.44. The third kappa shape index (κ3) is 3.58. The van der Waals surface area contributed by atoms with E-state index in [0.717, 1.165) is 23.1 Å². The average molecular weight is 363 g/mol. The van der Waals surface area contributed by atoms with Crippen molar-refractivity contribution in [3.63, 3.8) is 0 Å². The molecular formula is C17H23BrN4. The topological polar surface area (TPSA) is 42.7 Å². The number of hydrogen-bond acceptors (Lipinski definition) is 3. The van der Waals surface area contributed by atoms with Crippen LogP contribution in [-0.2, 0) is 19.0 Å². The number of hydrogen-bond donors (Lipinski definition) is 1. The summed E-state index contributed by atoms with van der Waals surface area (Å²) in [6.45, 7) is 0.939. The van der Waals surface area contributed by atoms with Gasteiger partial charge in [-0.05, 0) is 30.5 Å². The molecule has 1 aromatic carbocycles. The molecule has 22 heavy (non-hydrogen) atoms. The maximum atomic E-state index is 4.17. The molecule has 0 spiro atoms. The fraction of sp³-hybridized carbons (Fsp3) is 0.529. The average Bonchev–Trinajstić information content (AvgIpc) is 2.94. The van der Waals surface area contributed by atoms with Gasteiger partial charge >= 0.3 is 0 Å². The van der Waals surface area contributed by atoms with Gasteiger partial charge in [-0.25, -0.2) is 0 Å². The molecular weight excluding hydrogens is 340 g/mol. The summed E-state index contributed by atoms with van der Waals surface area (Å²) < 4.78 is 2.90. The van der Waals surface area contributed by atoms with Gasteiger partial charge in [-0.15, -0.1) is 5.10 Å². The van der Waals surface area contributed by atoms with Gasteiger partial charge in [0.1, 0.15) is 0 Å². The van der Waals surface area contributed by atoms with Gasteiger partial charge in [0.25, 0.3) is 0 Å². The van der Waals surface area contributed by atoms with E-state index in [1.807, 2.05) is 13.2 Å². The van der Waals surface area contributed by atoms with Crippen LogP contribution in [0.1, 0.15) is 43.4 Å². The first-order chi connectivity index (χ1) is 10.7. The Bertz CT molecular complexity index is 599. The molecule has 0 bridgehead atoms. The number of aryl methyl sites for hydroxylation is 1. The standard InChI is InChI=1S/C17H23BrN4/c1-22-13-16(20-21-22)9-12-19-17(10-3-2-4-11-17)14-5-7-15(18)8-6-14/h5-8,13,19H,2-4,9-12H2,1H3. The number of nitrogens with one attached hydrogen (secondary N) is 1. The van der Waals surface area contributed by atoms with E-state index >= 15 is 0 Å². The minimum Gasteiger partial charge on any atom is -0.307 e. The molecule has 0 unspecified atom stereocenters. The van der Waals surface area contributed by atoms with Crippen molar-refractivity contribution in [3.05, 3.63) is 46.2 Å². The lowest BCUT2D eigenvalue weighted by molar-refractivity contribution is 0.235. The smallest absolute Gasteiger partial charge is 0.0839 e. The minimum atomic E-state index is 0.126. The Morgan fingerprint density at radius 3 is 2.55 bits per heavy atom. The van der Waals surface area contributed by atoms with Crippen LogP contribution in [0.4, 0.5) is 0 Å². The fourth-order valence-electron chi connectivity index (χ4n) is 3.43. The number of halogens is 1. The van der Waals surface area contributed by atoms with Crippen LogP contribution in [0.25, 0.3) is 0 Å². The van der Waals surface area contributed by atoms with Gasteiger partial charge in [0.15, 0.2) is 0 Å². The Kier molecular flexibility index (Phi) is 4.93. The molecule has 0 amide bonds. The lowest BCUT2D eigenvalue weighted by atomic mass is 9.76. The summed E-state index contributed by atoms with van der Waals surface area (Å²) in [6, 6.07) is 8.81. The number of nitrogens with zero attached hydrogens (tertiary/aromatic N) is 3. The first kappa shape index (κ1) is 15.7. The van der Waals surface area contributed by atoms with E-state index in [4.69, 9.17) is 0 Å². The van der Waals surface area contributed by atoms with Crippen LogP contribution in [0.2, 0.25) is 0 Å². The first-order valence-corrected chi connectivity index (χ1v) is 8.84. The van der Waals surface area contributed by atoms with Crippen molar-refractivity contribution < 1.29 is 0 Å². The molecule has 1 fully saturated rings. The highest BCUT2D eigenvalue weighted by atomic mass is 79.9. The molecule has 1 aliphatic carbocycles. The molecule has 4 nitrogen and oxygen atoms in total. The third-order valence-electron chi connectivity index (χ3n) is 4.60. The van der Waals surface area contributed by atoms with Gasteiger partial charge in [0.2, 0.25) is 0 Å². The van der Waals surface area contributed by atoms with Crippen molar-refractivity contribution in [3.8, 4) is 0 Å². The van der Waals surface area contributed by atoms with Crippen LogP contribution in [0.5, 0.6) is 0 Å². The van der Waals surface area contributed by atoms with Crippen LogP contribution in [0.3, 0.4) is 0 Å². The zero-order valence-electron chi connectivity index (χ0n) is 13.1. The second-order valence-electron chi connectivity index (χ2n) is 6.21. The van der Waals surface area contributed by atoms with Crippen LogP contribution in [0, 0.1) is 0 Å².